The Morgan fingerprint density at radius 1 is 0.714 bits per heavy atom. The van der Waals surface area contributed by atoms with Crippen molar-refractivity contribution < 1.29 is 0 Å². The van der Waals surface area contributed by atoms with Crippen molar-refractivity contribution in [3.63, 3.8) is 0 Å². The molecule has 68 valence electrons. The monoisotopic (exact) mass is 308 g/mol. The molecule has 0 unspecified atom stereocenters. The number of benzene rings is 2. The van der Waals surface area contributed by atoms with E-state index in [1.54, 1.807) is 0 Å². The molecule has 0 aromatic heterocycles. The van der Waals surface area contributed by atoms with E-state index in [-0.39, 0.29) is 0 Å². The van der Waals surface area contributed by atoms with Crippen molar-refractivity contribution in [1.29, 1.82) is 0 Å². The van der Waals surface area contributed by atoms with E-state index in [0.717, 1.165) is 8.96 Å². The zero-order valence-corrected chi connectivity index (χ0v) is 10.4. The van der Waals surface area contributed by atoms with Crippen molar-refractivity contribution >= 4 is 51.6 Å². The van der Waals surface area contributed by atoms with Crippen molar-refractivity contribution in [3.8, 4) is 0 Å². The predicted octanol–water partition coefficient (Wildman–Crippen LogP) is 4.77. The first-order valence-electron chi connectivity index (χ1n) is 4.37. The van der Waals surface area contributed by atoms with E-state index < -0.39 is 0 Å². The molecular formula is C12H6Br2. The van der Waals surface area contributed by atoms with Gasteiger partial charge in [0.2, 0.25) is 0 Å². The average molecular weight is 310 g/mol. The molecule has 2 heteroatoms. The van der Waals surface area contributed by atoms with E-state index in [2.05, 4.69) is 68.3 Å². The lowest BCUT2D eigenvalue weighted by atomic mass is 10.0. The van der Waals surface area contributed by atoms with E-state index >= 15 is 0 Å². The molecule has 0 saturated heterocycles. The maximum atomic E-state index is 3.61. The normalized spacial score (nSPS) is 14.1. The Morgan fingerprint density at radius 3 is 1.71 bits per heavy atom. The molecule has 0 fully saturated rings. The summed E-state index contributed by atoms with van der Waals surface area (Å²) in [6.07, 6.45) is 0. The average Bonchev–Trinajstić information content (AvgIpc) is 2.47. The van der Waals surface area contributed by atoms with Gasteiger partial charge in [0, 0.05) is 8.96 Å². The quantitative estimate of drug-likeness (QED) is 0.657. The van der Waals surface area contributed by atoms with Crippen LogP contribution < -0.4 is 0 Å². The second-order valence-corrected chi connectivity index (χ2v) is 4.92. The van der Waals surface area contributed by atoms with Crippen molar-refractivity contribution in [2.24, 2.45) is 0 Å². The molecule has 14 heavy (non-hydrogen) atoms. The lowest BCUT2D eigenvalue weighted by Gasteiger charge is -2.00. The standard InChI is InChI=1S/C12H6Br2/c13-11-8-5-1-3-7-4-2-6-9(10(7)8)12(11)14/h1-6H. The summed E-state index contributed by atoms with van der Waals surface area (Å²) in [5.41, 5.74) is 2.56. The van der Waals surface area contributed by atoms with Gasteiger partial charge in [0.15, 0.2) is 0 Å². The Kier molecular flexibility index (Phi) is 1.83. The first-order chi connectivity index (χ1) is 6.79. The van der Waals surface area contributed by atoms with Crippen molar-refractivity contribution in [3.05, 3.63) is 47.5 Å². The number of hydrogen-bond donors (Lipinski definition) is 0. The first-order valence-corrected chi connectivity index (χ1v) is 5.95. The van der Waals surface area contributed by atoms with Crippen LogP contribution in [0.25, 0.3) is 19.7 Å². The lowest BCUT2D eigenvalue weighted by Crippen LogP contribution is -1.77. The molecule has 0 radical (unpaired) electrons. The molecule has 0 heterocycles. The highest BCUT2D eigenvalue weighted by atomic mass is 79.9. The summed E-state index contributed by atoms with van der Waals surface area (Å²) >= 11 is 7.22. The van der Waals surface area contributed by atoms with E-state index in [9.17, 15) is 0 Å². The minimum absolute atomic E-state index is 1.16. The van der Waals surface area contributed by atoms with Gasteiger partial charge in [-0.2, -0.15) is 0 Å². The van der Waals surface area contributed by atoms with Gasteiger partial charge in [-0.05, 0) is 53.8 Å². The summed E-state index contributed by atoms with van der Waals surface area (Å²) in [4.78, 5) is 0. The molecular weight excluding hydrogens is 304 g/mol. The summed E-state index contributed by atoms with van der Waals surface area (Å²) < 4.78 is 2.31. The first kappa shape index (κ1) is 8.69. The fraction of sp³-hybridized carbons (Fsp3) is 0. The third-order valence-electron chi connectivity index (χ3n) is 2.57. The van der Waals surface area contributed by atoms with Crippen LogP contribution in [-0.2, 0) is 0 Å². The van der Waals surface area contributed by atoms with E-state index in [4.69, 9.17) is 0 Å². The van der Waals surface area contributed by atoms with Gasteiger partial charge >= 0.3 is 0 Å². The van der Waals surface area contributed by atoms with Gasteiger partial charge < -0.3 is 0 Å². The summed E-state index contributed by atoms with van der Waals surface area (Å²) in [5, 5.41) is 2.64. The van der Waals surface area contributed by atoms with Crippen LogP contribution in [0, 0.1) is 0 Å². The van der Waals surface area contributed by atoms with Crippen LogP contribution in [0.1, 0.15) is 11.1 Å². The second kappa shape index (κ2) is 2.94. The molecule has 1 aliphatic carbocycles. The molecule has 0 nitrogen and oxygen atoms in total. The number of rotatable bonds is 0. The molecule has 0 atom stereocenters. The molecule has 1 aliphatic rings. The topological polar surface area (TPSA) is 0 Å². The molecule has 0 saturated carbocycles. The fourth-order valence-corrected chi connectivity index (χ4v) is 3.03. The van der Waals surface area contributed by atoms with E-state index in [1.165, 1.54) is 21.9 Å². The zero-order chi connectivity index (χ0) is 9.71. The van der Waals surface area contributed by atoms with Crippen LogP contribution in [0.5, 0.6) is 0 Å². The molecule has 3 rings (SSSR count). The van der Waals surface area contributed by atoms with Gasteiger partial charge in [-0.1, -0.05) is 36.4 Å². The smallest absolute Gasteiger partial charge is 0.0402 e. The Balaban J connectivity index is 2.59. The van der Waals surface area contributed by atoms with Gasteiger partial charge in [-0.25, -0.2) is 0 Å². The largest absolute Gasteiger partial charge is 0.0610 e. The van der Waals surface area contributed by atoms with Gasteiger partial charge in [0.05, 0.1) is 0 Å². The molecule has 2 aromatic rings. The van der Waals surface area contributed by atoms with Crippen LogP contribution in [0.3, 0.4) is 0 Å². The molecule has 0 amide bonds. The highest BCUT2D eigenvalue weighted by Gasteiger charge is 2.19. The van der Waals surface area contributed by atoms with Crippen molar-refractivity contribution in [1.82, 2.24) is 0 Å². The summed E-state index contributed by atoms with van der Waals surface area (Å²) in [6, 6.07) is 12.8. The van der Waals surface area contributed by atoms with Crippen LogP contribution in [0.2, 0.25) is 0 Å². The fourth-order valence-electron chi connectivity index (χ4n) is 1.94. The maximum absolute atomic E-state index is 3.61. The minimum atomic E-state index is 1.16. The van der Waals surface area contributed by atoms with E-state index in [0.29, 0.717) is 0 Å². The third kappa shape index (κ3) is 0.984. The van der Waals surface area contributed by atoms with Crippen LogP contribution in [-0.4, -0.2) is 0 Å². The van der Waals surface area contributed by atoms with Gasteiger partial charge in [0.1, 0.15) is 0 Å². The Labute approximate surface area is 98.9 Å². The van der Waals surface area contributed by atoms with Crippen LogP contribution in [0.15, 0.2) is 36.4 Å². The second-order valence-electron chi connectivity index (χ2n) is 3.34. The molecule has 0 N–H and O–H groups in total. The van der Waals surface area contributed by atoms with Gasteiger partial charge in [-0.15, -0.1) is 0 Å². The molecule has 0 spiro atoms. The summed E-state index contributed by atoms with van der Waals surface area (Å²) in [5.74, 6) is 0. The summed E-state index contributed by atoms with van der Waals surface area (Å²) in [7, 11) is 0. The van der Waals surface area contributed by atoms with Gasteiger partial charge in [-0.3, -0.25) is 0 Å². The molecule has 2 aromatic carbocycles. The number of hydrogen-bond acceptors (Lipinski definition) is 0. The molecule has 0 bridgehead atoms. The third-order valence-corrected chi connectivity index (χ3v) is 4.75. The maximum Gasteiger partial charge on any atom is 0.0402 e. The predicted molar refractivity (Wildman–Crippen MR) is 68.6 cm³/mol. The van der Waals surface area contributed by atoms with Crippen LogP contribution in [0.4, 0.5) is 0 Å². The molecule has 0 aliphatic heterocycles. The Bertz CT molecular complexity index is 521. The zero-order valence-electron chi connectivity index (χ0n) is 7.22. The highest BCUT2D eigenvalue weighted by molar-refractivity contribution is 9.18. The Hall–Kier alpha value is -0.600. The van der Waals surface area contributed by atoms with E-state index in [1.807, 2.05) is 0 Å². The van der Waals surface area contributed by atoms with Crippen molar-refractivity contribution in [2.45, 2.75) is 0 Å². The SMILES string of the molecule is BrC1=C(Br)c2cccc3cccc1c23. The number of halogens is 2. The Morgan fingerprint density at radius 2 is 1.21 bits per heavy atom. The van der Waals surface area contributed by atoms with Crippen molar-refractivity contribution in [2.75, 3.05) is 0 Å². The lowest BCUT2D eigenvalue weighted by molar-refractivity contribution is 1.72. The summed E-state index contributed by atoms with van der Waals surface area (Å²) in [6.45, 7) is 0. The minimum Gasteiger partial charge on any atom is -0.0610 e. The highest BCUT2D eigenvalue weighted by Crippen LogP contribution is 2.47. The van der Waals surface area contributed by atoms with Crippen LogP contribution >= 0.6 is 31.9 Å². The van der Waals surface area contributed by atoms with Gasteiger partial charge in [0.25, 0.3) is 0 Å².